The van der Waals surface area contributed by atoms with Crippen LogP contribution in [-0.4, -0.2) is 37.0 Å². The van der Waals surface area contributed by atoms with Crippen LogP contribution in [-0.2, 0) is 10.0 Å². The summed E-state index contributed by atoms with van der Waals surface area (Å²) in [5, 5.41) is 12.6. The molecule has 2 amide bonds. The Morgan fingerprint density at radius 2 is 1.67 bits per heavy atom. The second-order valence-corrected chi connectivity index (χ2v) is 8.93. The van der Waals surface area contributed by atoms with E-state index in [1.807, 2.05) is 6.92 Å². The summed E-state index contributed by atoms with van der Waals surface area (Å²) in [6.07, 6.45) is 0.752. The van der Waals surface area contributed by atoms with Gasteiger partial charge in [-0.3, -0.25) is 19.6 Å². The van der Waals surface area contributed by atoms with Crippen LogP contribution < -0.4 is 15.4 Å². The van der Waals surface area contributed by atoms with Crippen LogP contribution in [0.2, 0.25) is 0 Å². The van der Waals surface area contributed by atoms with E-state index in [4.69, 9.17) is 0 Å². The Kier molecular flexibility index (Phi) is 6.75. The lowest BCUT2D eigenvalue weighted by Crippen LogP contribution is -2.25. The number of amides is 2. The number of benzene rings is 2. The normalized spacial score (nSPS) is 11.0. The topological polar surface area (TPSA) is 130 Å². The molecule has 3 rings (SSSR count). The zero-order valence-corrected chi connectivity index (χ0v) is 17.6. The molecule has 0 aliphatic heterocycles. The molecule has 0 saturated carbocycles. The van der Waals surface area contributed by atoms with Gasteiger partial charge in [-0.2, -0.15) is 8.42 Å². The molecule has 3 N–H and O–H groups in total. The Labute approximate surface area is 177 Å². The highest BCUT2D eigenvalue weighted by Crippen LogP contribution is 2.24. The fourth-order valence-corrected chi connectivity index (χ4v) is 4.40. The number of aromatic nitrogens is 2. The second-order valence-electron chi connectivity index (χ2n) is 6.10. The maximum Gasteiger partial charge on any atom is 0.291 e. The molecule has 0 spiro atoms. The van der Waals surface area contributed by atoms with E-state index in [0.29, 0.717) is 23.4 Å². The zero-order chi connectivity index (χ0) is 21.6. The molecule has 0 bridgehead atoms. The lowest BCUT2D eigenvalue weighted by atomic mass is 10.1. The maximum absolute atomic E-state index is 12.7. The Morgan fingerprint density at radius 1 is 0.967 bits per heavy atom. The molecule has 9 nitrogen and oxygen atoms in total. The standard InChI is InChI=1S/C19H19N5O4S2/c1-2-12-20-17(26)14-10-6-7-11-15(14)24-30(27,28)19-23-22-18(29-19)21-16(25)13-8-4-3-5-9-13/h3-11,24H,2,12H2,1H3,(H,20,26)(H,21,22,25). The number of carbonyl (C=O) groups is 2. The van der Waals surface area contributed by atoms with Crippen molar-refractivity contribution in [1.29, 1.82) is 0 Å². The summed E-state index contributed by atoms with van der Waals surface area (Å²) in [7, 11) is -4.11. The first-order chi connectivity index (χ1) is 14.4. The van der Waals surface area contributed by atoms with E-state index >= 15 is 0 Å². The minimum atomic E-state index is -4.11. The maximum atomic E-state index is 12.7. The van der Waals surface area contributed by atoms with Crippen molar-refractivity contribution in [2.45, 2.75) is 17.7 Å². The molecule has 3 aromatic rings. The summed E-state index contributed by atoms with van der Waals surface area (Å²) in [5.41, 5.74) is 0.718. The number of nitrogens with zero attached hydrogens (tertiary/aromatic N) is 2. The van der Waals surface area contributed by atoms with Crippen molar-refractivity contribution in [2.24, 2.45) is 0 Å². The van der Waals surface area contributed by atoms with Gasteiger partial charge >= 0.3 is 0 Å². The summed E-state index contributed by atoms with van der Waals surface area (Å²) >= 11 is 0.705. The van der Waals surface area contributed by atoms with Gasteiger partial charge in [0.2, 0.25) is 5.13 Å². The van der Waals surface area contributed by atoms with Crippen LogP contribution in [0.3, 0.4) is 0 Å². The van der Waals surface area contributed by atoms with E-state index in [1.165, 1.54) is 12.1 Å². The lowest BCUT2D eigenvalue weighted by Gasteiger charge is -2.11. The fourth-order valence-electron chi connectivity index (χ4n) is 2.42. The third-order valence-electron chi connectivity index (χ3n) is 3.84. The third kappa shape index (κ3) is 5.19. The number of nitrogens with one attached hydrogen (secondary N) is 3. The van der Waals surface area contributed by atoms with E-state index < -0.39 is 15.9 Å². The Hall–Kier alpha value is -3.31. The van der Waals surface area contributed by atoms with Gasteiger partial charge in [0.1, 0.15) is 0 Å². The average Bonchev–Trinajstić information content (AvgIpc) is 3.22. The fraction of sp³-hybridized carbons (Fsp3) is 0.158. The molecule has 1 aromatic heterocycles. The van der Waals surface area contributed by atoms with Crippen LogP contribution in [0, 0.1) is 0 Å². The average molecular weight is 446 g/mol. The van der Waals surface area contributed by atoms with Crippen molar-refractivity contribution in [3.8, 4) is 0 Å². The molecule has 1 heterocycles. The number of sulfonamides is 1. The van der Waals surface area contributed by atoms with Crippen LogP contribution in [0.25, 0.3) is 0 Å². The number of carbonyl (C=O) groups excluding carboxylic acids is 2. The van der Waals surface area contributed by atoms with Crippen LogP contribution in [0.4, 0.5) is 10.8 Å². The molecule has 2 aromatic carbocycles. The number of hydrogen-bond donors (Lipinski definition) is 3. The van der Waals surface area contributed by atoms with Crippen LogP contribution >= 0.6 is 11.3 Å². The predicted molar refractivity (Wildman–Crippen MR) is 114 cm³/mol. The van der Waals surface area contributed by atoms with Crippen LogP contribution in [0.15, 0.2) is 58.9 Å². The predicted octanol–water partition coefficient (Wildman–Crippen LogP) is 2.73. The molecule has 0 fully saturated rings. The Balaban J connectivity index is 1.76. The minimum absolute atomic E-state index is 0.0400. The zero-order valence-electron chi connectivity index (χ0n) is 16.0. The molecular weight excluding hydrogens is 426 g/mol. The largest absolute Gasteiger partial charge is 0.352 e. The summed E-state index contributed by atoms with van der Waals surface area (Å²) < 4.78 is 27.5. The quantitative estimate of drug-likeness (QED) is 0.457. The number of para-hydroxylation sites is 1. The number of rotatable bonds is 8. The molecule has 0 aliphatic rings. The summed E-state index contributed by atoms with van der Waals surface area (Å²) in [5.74, 6) is -0.815. The van der Waals surface area contributed by atoms with Crippen molar-refractivity contribution in [1.82, 2.24) is 15.5 Å². The van der Waals surface area contributed by atoms with Gasteiger partial charge < -0.3 is 5.32 Å². The monoisotopic (exact) mass is 445 g/mol. The van der Waals surface area contributed by atoms with Crippen molar-refractivity contribution < 1.29 is 18.0 Å². The van der Waals surface area contributed by atoms with Gasteiger partial charge in [0.25, 0.3) is 26.2 Å². The molecule has 30 heavy (non-hydrogen) atoms. The van der Waals surface area contributed by atoms with Crippen LogP contribution in [0.1, 0.15) is 34.1 Å². The van der Waals surface area contributed by atoms with Crippen molar-refractivity contribution in [3.63, 3.8) is 0 Å². The SMILES string of the molecule is CCCNC(=O)c1ccccc1NS(=O)(=O)c1nnc(NC(=O)c2ccccc2)s1. The first kappa shape index (κ1) is 21.4. The molecular formula is C19H19N5O4S2. The van der Waals surface area contributed by atoms with E-state index in [0.717, 1.165) is 6.42 Å². The molecule has 0 atom stereocenters. The van der Waals surface area contributed by atoms with Gasteiger partial charge in [0.05, 0.1) is 11.3 Å². The smallest absolute Gasteiger partial charge is 0.291 e. The highest BCUT2D eigenvalue weighted by atomic mass is 32.2. The first-order valence-corrected chi connectivity index (χ1v) is 11.3. The molecule has 11 heteroatoms. The first-order valence-electron chi connectivity index (χ1n) is 9.00. The highest BCUT2D eigenvalue weighted by Gasteiger charge is 2.23. The van der Waals surface area contributed by atoms with Crippen molar-refractivity contribution in [3.05, 3.63) is 65.7 Å². The van der Waals surface area contributed by atoms with Crippen molar-refractivity contribution in [2.75, 3.05) is 16.6 Å². The van der Waals surface area contributed by atoms with Crippen LogP contribution in [0.5, 0.6) is 0 Å². The van der Waals surface area contributed by atoms with Gasteiger partial charge in [-0.15, -0.1) is 10.2 Å². The van der Waals surface area contributed by atoms with Crippen molar-refractivity contribution >= 4 is 44.0 Å². The summed E-state index contributed by atoms with van der Waals surface area (Å²) in [4.78, 5) is 24.5. The van der Waals surface area contributed by atoms with Gasteiger partial charge in [0.15, 0.2) is 0 Å². The Bertz CT molecular complexity index is 1150. The van der Waals surface area contributed by atoms with Gasteiger partial charge in [-0.05, 0) is 30.7 Å². The summed E-state index contributed by atoms with van der Waals surface area (Å²) in [6, 6.07) is 14.7. The van der Waals surface area contributed by atoms with E-state index in [9.17, 15) is 18.0 Å². The number of hydrogen-bond acceptors (Lipinski definition) is 7. The van der Waals surface area contributed by atoms with Gasteiger partial charge in [-0.1, -0.05) is 48.6 Å². The molecule has 0 saturated heterocycles. The van der Waals surface area contributed by atoms with E-state index in [1.54, 1.807) is 42.5 Å². The lowest BCUT2D eigenvalue weighted by molar-refractivity contribution is 0.0953. The summed E-state index contributed by atoms with van der Waals surface area (Å²) in [6.45, 7) is 2.39. The molecule has 0 aliphatic carbocycles. The van der Waals surface area contributed by atoms with E-state index in [2.05, 4.69) is 25.6 Å². The molecule has 0 unspecified atom stereocenters. The van der Waals surface area contributed by atoms with Gasteiger partial charge in [0, 0.05) is 12.1 Å². The third-order valence-corrected chi connectivity index (χ3v) is 6.42. The number of anilines is 2. The minimum Gasteiger partial charge on any atom is -0.352 e. The van der Waals surface area contributed by atoms with E-state index in [-0.39, 0.29) is 26.6 Å². The second kappa shape index (κ2) is 9.46. The Morgan fingerprint density at radius 3 is 2.40 bits per heavy atom. The van der Waals surface area contributed by atoms with Gasteiger partial charge in [-0.25, -0.2) is 0 Å². The molecule has 156 valence electrons. The molecule has 0 radical (unpaired) electrons. The highest BCUT2D eigenvalue weighted by molar-refractivity contribution is 7.94.